The molecule has 2 rings (SSSR count). The molecule has 1 heterocycles. The van der Waals surface area contributed by atoms with Gasteiger partial charge in [-0.15, -0.1) is 0 Å². The number of halogens is 1. The average molecular weight is 204 g/mol. The van der Waals surface area contributed by atoms with Gasteiger partial charge in [0.1, 0.15) is 11.7 Å². The zero-order valence-electron chi connectivity index (χ0n) is 7.81. The van der Waals surface area contributed by atoms with Gasteiger partial charge in [0.05, 0.1) is 12.0 Å². The maximum Gasteiger partial charge on any atom is 0.147 e. The number of benzene rings is 1. The first-order valence-corrected chi connectivity index (χ1v) is 4.31. The maximum absolute atomic E-state index is 13.6. The fourth-order valence-corrected chi connectivity index (χ4v) is 1.29. The molecule has 0 aliphatic heterocycles. The van der Waals surface area contributed by atoms with Gasteiger partial charge in [0.25, 0.3) is 0 Å². The van der Waals surface area contributed by atoms with E-state index in [9.17, 15) is 4.39 Å². The van der Waals surface area contributed by atoms with E-state index in [2.05, 4.69) is 4.98 Å². The van der Waals surface area contributed by atoms with E-state index in [0.717, 1.165) is 0 Å². The summed E-state index contributed by atoms with van der Waals surface area (Å²) in [5.74, 6) is -0.577. The Morgan fingerprint density at radius 3 is 2.80 bits per heavy atom. The summed E-state index contributed by atoms with van der Waals surface area (Å²) in [6.07, 6.45) is 4.72. The van der Waals surface area contributed by atoms with Gasteiger partial charge in [-0.25, -0.2) is 9.37 Å². The van der Waals surface area contributed by atoms with E-state index in [0.29, 0.717) is 11.3 Å². The third-order valence-corrected chi connectivity index (χ3v) is 2.04. The molecule has 0 saturated heterocycles. The summed E-state index contributed by atoms with van der Waals surface area (Å²) < 4.78 is 15.1. The largest absolute Gasteiger partial charge is 0.384 e. The van der Waals surface area contributed by atoms with E-state index in [4.69, 9.17) is 11.1 Å². The maximum atomic E-state index is 13.6. The van der Waals surface area contributed by atoms with E-state index in [1.807, 2.05) is 0 Å². The quantitative estimate of drug-likeness (QED) is 0.571. The van der Waals surface area contributed by atoms with Gasteiger partial charge in [0.15, 0.2) is 0 Å². The summed E-state index contributed by atoms with van der Waals surface area (Å²) in [4.78, 5) is 3.83. The smallest absolute Gasteiger partial charge is 0.147 e. The van der Waals surface area contributed by atoms with E-state index in [1.54, 1.807) is 29.1 Å². The molecular weight excluding hydrogens is 195 g/mol. The molecule has 15 heavy (non-hydrogen) atoms. The number of amidine groups is 1. The lowest BCUT2D eigenvalue weighted by Crippen LogP contribution is -2.11. The van der Waals surface area contributed by atoms with Crippen molar-refractivity contribution in [2.24, 2.45) is 5.73 Å². The second kappa shape index (κ2) is 3.53. The van der Waals surface area contributed by atoms with Crippen molar-refractivity contribution in [3.8, 4) is 5.69 Å². The van der Waals surface area contributed by atoms with Gasteiger partial charge in [-0.05, 0) is 18.2 Å². The number of imidazole rings is 1. The number of nitrogens with two attached hydrogens (primary N) is 1. The Morgan fingerprint density at radius 2 is 2.27 bits per heavy atom. The first kappa shape index (κ1) is 9.39. The van der Waals surface area contributed by atoms with Crippen molar-refractivity contribution in [3.63, 3.8) is 0 Å². The molecule has 2 aromatic rings. The zero-order chi connectivity index (χ0) is 10.8. The molecule has 0 bridgehead atoms. The first-order valence-electron chi connectivity index (χ1n) is 4.31. The minimum Gasteiger partial charge on any atom is -0.384 e. The SMILES string of the molecule is N=C(N)c1ccc(-n2ccnc2)c(F)c1. The molecule has 5 heteroatoms. The molecule has 0 radical (unpaired) electrons. The second-order valence-corrected chi connectivity index (χ2v) is 3.05. The highest BCUT2D eigenvalue weighted by atomic mass is 19.1. The molecule has 76 valence electrons. The predicted molar refractivity (Wildman–Crippen MR) is 54.5 cm³/mol. The molecule has 0 atom stereocenters. The lowest BCUT2D eigenvalue weighted by atomic mass is 10.2. The Balaban J connectivity index is 2.48. The Morgan fingerprint density at radius 1 is 1.47 bits per heavy atom. The topological polar surface area (TPSA) is 67.7 Å². The van der Waals surface area contributed by atoms with Gasteiger partial charge >= 0.3 is 0 Å². The number of nitrogens with one attached hydrogen (secondary N) is 1. The molecule has 4 nitrogen and oxygen atoms in total. The highest BCUT2D eigenvalue weighted by molar-refractivity contribution is 5.95. The van der Waals surface area contributed by atoms with E-state index in [-0.39, 0.29) is 5.84 Å². The Hall–Kier alpha value is -2.17. The Kier molecular flexibility index (Phi) is 2.21. The Labute approximate surface area is 85.7 Å². The van der Waals surface area contributed by atoms with Crippen LogP contribution in [-0.4, -0.2) is 15.4 Å². The van der Waals surface area contributed by atoms with Crippen molar-refractivity contribution in [2.75, 3.05) is 0 Å². The predicted octanol–water partition coefficient (Wildman–Crippen LogP) is 1.30. The molecule has 0 saturated carbocycles. The molecule has 0 aliphatic carbocycles. The van der Waals surface area contributed by atoms with Crippen LogP contribution in [0, 0.1) is 11.2 Å². The highest BCUT2D eigenvalue weighted by Gasteiger charge is 2.06. The summed E-state index contributed by atoms with van der Waals surface area (Å²) in [5, 5.41) is 7.17. The zero-order valence-corrected chi connectivity index (χ0v) is 7.81. The van der Waals surface area contributed by atoms with Crippen molar-refractivity contribution in [1.29, 1.82) is 5.41 Å². The van der Waals surface area contributed by atoms with Crippen LogP contribution in [0.3, 0.4) is 0 Å². The average Bonchev–Trinajstić information content (AvgIpc) is 2.70. The molecule has 0 aliphatic rings. The van der Waals surface area contributed by atoms with Crippen LogP contribution in [0.15, 0.2) is 36.9 Å². The summed E-state index contributed by atoms with van der Waals surface area (Å²) >= 11 is 0. The fraction of sp³-hybridized carbons (Fsp3) is 0. The normalized spacial score (nSPS) is 10.2. The van der Waals surface area contributed by atoms with Gasteiger partial charge in [0, 0.05) is 18.0 Å². The van der Waals surface area contributed by atoms with Crippen LogP contribution in [0.1, 0.15) is 5.56 Å². The summed E-state index contributed by atoms with van der Waals surface area (Å²) in [6, 6.07) is 4.39. The number of hydrogen-bond donors (Lipinski definition) is 2. The second-order valence-electron chi connectivity index (χ2n) is 3.05. The van der Waals surface area contributed by atoms with E-state index in [1.165, 1.54) is 12.4 Å². The lowest BCUT2D eigenvalue weighted by Gasteiger charge is -2.05. The first-order chi connectivity index (χ1) is 7.18. The lowest BCUT2D eigenvalue weighted by molar-refractivity contribution is 0.617. The van der Waals surface area contributed by atoms with Crippen molar-refractivity contribution in [2.45, 2.75) is 0 Å². The number of hydrogen-bond acceptors (Lipinski definition) is 2. The summed E-state index contributed by atoms with van der Waals surface area (Å²) in [6.45, 7) is 0. The van der Waals surface area contributed by atoms with E-state index < -0.39 is 5.82 Å². The van der Waals surface area contributed by atoms with E-state index >= 15 is 0 Å². The van der Waals surface area contributed by atoms with Crippen LogP contribution >= 0.6 is 0 Å². The third-order valence-electron chi connectivity index (χ3n) is 2.04. The number of nitrogen functional groups attached to an aromatic ring is 1. The number of aromatic nitrogens is 2. The molecule has 0 spiro atoms. The standard InChI is InChI=1S/C10H9FN4/c11-8-5-7(10(12)13)1-2-9(8)15-4-3-14-6-15/h1-6H,(H3,12,13). The Bertz CT molecular complexity index is 490. The van der Waals surface area contributed by atoms with Crippen LogP contribution in [0.5, 0.6) is 0 Å². The van der Waals surface area contributed by atoms with Gasteiger partial charge in [-0.1, -0.05) is 0 Å². The summed E-state index contributed by atoms with van der Waals surface area (Å²) in [7, 11) is 0. The minimum absolute atomic E-state index is 0.147. The van der Waals surface area contributed by atoms with Gasteiger partial charge < -0.3 is 10.3 Å². The molecule has 0 fully saturated rings. The molecule has 0 amide bonds. The van der Waals surface area contributed by atoms with Crippen LogP contribution in [-0.2, 0) is 0 Å². The van der Waals surface area contributed by atoms with Crippen LogP contribution in [0.25, 0.3) is 5.69 Å². The van der Waals surface area contributed by atoms with Crippen molar-refractivity contribution in [1.82, 2.24) is 9.55 Å². The molecule has 1 aromatic carbocycles. The van der Waals surface area contributed by atoms with Gasteiger partial charge in [-0.3, -0.25) is 5.41 Å². The number of rotatable bonds is 2. The van der Waals surface area contributed by atoms with Crippen molar-refractivity contribution >= 4 is 5.84 Å². The molecule has 1 aromatic heterocycles. The van der Waals surface area contributed by atoms with Crippen LogP contribution in [0.4, 0.5) is 4.39 Å². The van der Waals surface area contributed by atoms with Crippen molar-refractivity contribution < 1.29 is 4.39 Å². The monoisotopic (exact) mass is 204 g/mol. The van der Waals surface area contributed by atoms with Crippen LogP contribution < -0.4 is 5.73 Å². The van der Waals surface area contributed by atoms with Crippen molar-refractivity contribution in [3.05, 3.63) is 48.3 Å². The van der Waals surface area contributed by atoms with Gasteiger partial charge in [0.2, 0.25) is 0 Å². The fourth-order valence-electron chi connectivity index (χ4n) is 1.29. The molecular formula is C10H9FN4. The van der Waals surface area contributed by atoms with Gasteiger partial charge in [-0.2, -0.15) is 0 Å². The minimum atomic E-state index is -0.430. The summed E-state index contributed by atoms with van der Waals surface area (Å²) in [5.41, 5.74) is 6.01. The highest BCUT2D eigenvalue weighted by Crippen LogP contribution is 2.14. The molecule has 3 N–H and O–H groups in total. The van der Waals surface area contributed by atoms with Crippen LogP contribution in [0.2, 0.25) is 0 Å². The third kappa shape index (κ3) is 1.71. The molecule has 0 unspecified atom stereocenters. The number of nitrogens with zero attached hydrogens (tertiary/aromatic N) is 2.